The molecule has 3 aromatic rings. The molecule has 1 heterocycles. The van der Waals surface area contributed by atoms with Crippen molar-refractivity contribution in [2.24, 2.45) is 0 Å². The van der Waals surface area contributed by atoms with Crippen molar-refractivity contribution in [2.75, 3.05) is 0 Å². The second-order valence-electron chi connectivity index (χ2n) is 3.58. The van der Waals surface area contributed by atoms with Crippen molar-refractivity contribution in [3.8, 4) is 5.30 Å². The van der Waals surface area contributed by atoms with E-state index in [1.165, 1.54) is 15.8 Å². The van der Waals surface area contributed by atoms with Gasteiger partial charge in [-0.25, -0.2) is 0 Å². The summed E-state index contributed by atoms with van der Waals surface area (Å²) in [5.41, 5.74) is 0. The van der Waals surface area contributed by atoms with Crippen molar-refractivity contribution in [3.63, 3.8) is 0 Å². The first-order valence-electron chi connectivity index (χ1n) is 6.90. The minimum Gasteiger partial charge on any atom is -0.0853 e. The topological polar surface area (TPSA) is 179 Å². The van der Waals surface area contributed by atoms with Gasteiger partial charge in [0.1, 0.15) is 0 Å². The van der Waals surface area contributed by atoms with Crippen molar-refractivity contribution in [3.05, 3.63) is 126 Å². The second kappa shape index (κ2) is 69.7. The average molecular weight is 572 g/mol. The Morgan fingerprint density at radius 3 is 1.09 bits per heavy atom. The average Bonchev–Trinajstić information content (AvgIpc) is 3.43. The van der Waals surface area contributed by atoms with Gasteiger partial charge in [-0.2, -0.15) is 0 Å². The number of hydrogen-bond acceptors (Lipinski definition) is 0. The molecule has 35 heavy (non-hydrogen) atoms. The van der Waals surface area contributed by atoms with Gasteiger partial charge in [-0.05, 0) is 22.6 Å². The van der Waals surface area contributed by atoms with Crippen molar-refractivity contribution in [1.82, 2.24) is 0 Å². The number of benzene rings is 2. The van der Waals surface area contributed by atoms with E-state index < -0.39 is 0 Å². The van der Waals surface area contributed by atoms with E-state index in [0.717, 1.165) is 0 Å². The quantitative estimate of drug-likeness (QED) is 0.227. The summed E-state index contributed by atoms with van der Waals surface area (Å²) in [6.45, 7) is 40.5. The molecular weight excluding hydrogens is 561 g/mol. The van der Waals surface area contributed by atoms with E-state index in [0.29, 0.717) is 0 Å². The van der Waals surface area contributed by atoms with Gasteiger partial charge in [-0.3, -0.25) is 0 Å². The number of rotatable bonds is 1. The largest absolute Gasteiger partial charge is 0.0853 e. The van der Waals surface area contributed by atoms with E-state index in [2.05, 4.69) is 126 Å². The van der Waals surface area contributed by atoms with Crippen LogP contribution < -0.4 is 0 Å². The molecule has 0 fully saturated rings. The minimum absolute atomic E-state index is 0. The normalized spacial score (nSPS) is 5.60. The van der Waals surface area contributed by atoms with Crippen LogP contribution in [-0.2, 0) is 76.0 Å². The molecule has 0 aliphatic carbocycles. The third-order valence-electron chi connectivity index (χ3n) is 2.63. The zero-order chi connectivity index (χ0) is 28.1. The molecule has 2 radical (unpaired) electrons. The van der Waals surface area contributed by atoms with Gasteiger partial charge < -0.3 is 0 Å². The molecule has 2 aromatic carbocycles. The Morgan fingerprint density at radius 2 is 0.714 bits per heavy atom. The van der Waals surface area contributed by atoms with Crippen LogP contribution in [-0.4, -0.2) is 0 Å². The molecule has 0 spiro atoms. The van der Waals surface area contributed by atoms with Crippen molar-refractivity contribution < 1.29 is 76.0 Å². The summed E-state index contributed by atoms with van der Waals surface area (Å²) in [6.07, 6.45) is 0. The van der Waals surface area contributed by atoms with E-state index in [1.54, 1.807) is 0 Å². The summed E-state index contributed by atoms with van der Waals surface area (Å²) in [5.74, 6) is 2.34. The molecule has 0 aliphatic rings. The summed E-state index contributed by atoms with van der Waals surface area (Å²) in [5, 5.41) is 4.31. The van der Waals surface area contributed by atoms with Gasteiger partial charge in [0.05, 0.1) is 0 Å². The molecule has 0 saturated heterocycles. The van der Waals surface area contributed by atoms with Gasteiger partial charge in [-0.1, -0.05) is 62.1 Å². The van der Waals surface area contributed by atoms with E-state index in [1.807, 2.05) is 0 Å². The van der Waals surface area contributed by atoms with Crippen LogP contribution in [0.4, 0.5) is 0 Å². The summed E-state index contributed by atoms with van der Waals surface area (Å²) in [4.78, 5) is 0. The molecule has 9 nitrogen and oxygen atoms in total. The SMILES string of the molecule is [C-]#[O+].[C-]#[O+].[C-]#[O+].[C-]#[O+].[C-]#[O+].[C-]#[O+].[C-]#[O+].[C-]#[O+].[C-]#[O+].[Mn].[Mn].c1ccc(-p2ccc3ccccc32)cc1. The minimum atomic E-state index is -0.237. The first-order valence-corrected chi connectivity index (χ1v) is 8.31. The van der Waals surface area contributed by atoms with E-state index in [4.69, 9.17) is 41.9 Å². The fourth-order valence-electron chi connectivity index (χ4n) is 1.90. The molecule has 0 aliphatic heterocycles. The molecule has 12 heteroatoms. The number of fused-ring (bicyclic) bond motifs is 1. The maximum absolute atomic E-state index is 7.50. The van der Waals surface area contributed by atoms with Gasteiger partial charge >= 0.3 is 102 Å². The van der Waals surface area contributed by atoms with Gasteiger partial charge in [0.25, 0.3) is 0 Å². The molecule has 3 rings (SSSR count). The van der Waals surface area contributed by atoms with Crippen LogP contribution in [0.5, 0.6) is 0 Å². The van der Waals surface area contributed by atoms with Gasteiger partial charge in [0.15, 0.2) is 0 Å². The monoisotopic (exact) mass is 572 g/mol. The maximum Gasteiger partial charge on any atom is 0.00563 e. The fourth-order valence-corrected chi connectivity index (χ4v) is 3.98. The smallest absolute Gasteiger partial charge is 0.00563 e. The molecule has 0 amide bonds. The summed E-state index contributed by atoms with van der Waals surface area (Å²) < 4.78 is 67.5. The molecule has 0 saturated carbocycles. The predicted molar refractivity (Wildman–Crippen MR) is 103 cm³/mol. The van der Waals surface area contributed by atoms with Gasteiger partial charge in [0.2, 0.25) is 0 Å². The molecule has 1 atom stereocenters. The Labute approximate surface area is 225 Å². The Morgan fingerprint density at radius 1 is 0.400 bits per heavy atom. The Bertz CT molecular complexity index is 896. The zero-order valence-corrected chi connectivity index (χ0v) is 20.5. The van der Waals surface area contributed by atoms with Crippen molar-refractivity contribution in [2.45, 2.75) is 0 Å². The van der Waals surface area contributed by atoms with Crippen LogP contribution in [0.15, 0.2) is 66.5 Å². The molecular formula is C23H11Mn2O9P. The standard InChI is InChI=1S/C14H11P.9CO.2Mn/c1-2-7-13(8-3-1)15-11-10-12-6-4-5-9-14(12)15;9*1-2;;/h1-11H;;;;;;;;;;;. The van der Waals surface area contributed by atoms with Crippen LogP contribution in [0.2, 0.25) is 0 Å². The van der Waals surface area contributed by atoms with Crippen LogP contribution in [0.3, 0.4) is 0 Å². The molecule has 1 unspecified atom stereocenters. The summed E-state index contributed by atoms with van der Waals surface area (Å²) >= 11 is 0. The van der Waals surface area contributed by atoms with Gasteiger partial charge in [0, 0.05) is 39.3 Å². The van der Waals surface area contributed by atoms with Crippen molar-refractivity contribution >= 4 is 18.0 Å². The predicted octanol–water partition coefficient (Wildman–Crippen LogP) is 4.47. The molecule has 1 aromatic heterocycles. The van der Waals surface area contributed by atoms with E-state index in [-0.39, 0.29) is 41.7 Å². The van der Waals surface area contributed by atoms with E-state index in [9.17, 15) is 0 Å². The third-order valence-corrected chi connectivity index (χ3v) is 4.86. The molecule has 0 bridgehead atoms. The summed E-state index contributed by atoms with van der Waals surface area (Å²) in [6, 6.07) is 21.7. The van der Waals surface area contributed by atoms with Crippen molar-refractivity contribution in [1.29, 1.82) is 0 Å². The van der Waals surface area contributed by atoms with E-state index >= 15 is 0 Å². The molecule has 176 valence electrons. The zero-order valence-electron chi connectivity index (χ0n) is 17.2. The van der Waals surface area contributed by atoms with Gasteiger partial charge in [-0.15, -0.1) is 0 Å². The van der Waals surface area contributed by atoms with Crippen LogP contribution >= 0.6 is 7.53 Å². The third kappa shape index (κ3) is 31.2. The van der Waals surface area contributed by atoms with Crippen LogP contribution in [0.25, 0.3) is 15.8 Å². The Hall–Kier alpha value is -2.82. The maximum atomic E-state index is 7.50. The Kier molecular flexibility index (Phi) is 116. The summed E-state index contributed by atoms with van der Waals surface area (Å²) in [7, 11) is -0.237. The first-order chi connectivity index (χ1) is 16.4. The fraction of sp³-hybridized carbons (Fsp3) is 0. The van der Waals surface area contributed by atoms with Crippen LogP contribution in [0, 0.1) is 59.9 Å². The Balaban J connectivity index is -0.0000000417. The molecule has 0 N–H and O–H groups in total. The van der Waals surface area contributed by atoms with Crippen LogP contribution in [0.1, 0.15) is 0 Å². The second-order valence-corrected chi connectivity index (χ2v) is 5.62. The first kappa shape index (κ1) is 58.2. The number of hydrogen-bond donors (Lipinski definition) is 0.